The molecule has 0 spiro atoms. The fourth-order valence-electron chi connectivity index (χ4n) is 7.09. The number of nitrogens with two attached hydrogens (primary N) is 3. The number of aromatic nitrogens is 2. The van der Waals surface area contributed by atoms with Gasteiger partial charge in [0.05, 0.1) is 31.6 Å². The predicted molar refractivity (Wildman–Crippen MR) is 270 cm³/mol. The lowest BCUT2D eigenvalue weighted by atomic mass is 10.0. The highest BCUT2D eigenvalue weighted by Gasteiger charge is 2.36. The largest absolute Gasteiger partial charge is 0.481 e. The first-order valence-corrected chi connectivity index (χ1v) is 24.1. The van der Waals surface area contributed by atoms with Crippen LogP contribution in [0.3, 0.4) is 0 Å². The van der Waals surface area contributed by atoms with Crippen molar-refractivity contribution in [1.82, 2.24) is 52.5 Å². The lowest BCUT2D eigenvalue weighted by Crippen LogP contribution is -2.61. The zero-order chi connectivity index (χ0) is 57.4. The van der Waals surface area contributed by atoms with E-state index in [9.17, 15) is 77.6 Å². The van der Waals surface area contributed by atoms with Gasteiger partial charge < -0.3 is 80.0 Å². The van der Waals surface area contributed by atoms with Crippen molar-refractivity contribution in [2.45, 2.75) is 113 Å². The second-order valence-corrected chi connectivity index (χ2v) is 17.7. The van der Waals surface area contributed by atoms with Crippen molar-refractivity contribution >= 4 is 89.6 Å². The Hall–Kier alpha value is -8.93. The standard InChI is InChI=1S/C47H61N13O16S/c1-23(53-42(70)30(16-26-20-51-22-52-26)57-41(69)28(12-13-37(63)64)54-40(68)27(48)14-24-8-4-2-5-9-24)39(67)55-31(17-35(49)61)44(72)56-29(15-25-10-6-3-7-11-25)43(71)58-32(18-36(50)62)45(73)59-33(19-38(65)66)46(74)60-34(21-77)47(75)76/h2-11,20,22-23,27-34,77H,12-19,21,48H2,1H3,(H2,49,61)(H2,50,62)(H,51,52)(H,53,70)(H,54,68)(H,55,67)(H,56,72)(H,57,69)(H,58,71)(H,59,73)(H,60,74)(H,63,64)(H,65,66)(H,75,76)/t23-,27-,28-,29-,30-,31-,32-,33-,34-/m0/s1. The minimum absolute atomic E-state index is 0.0660. The third-order valence-corrected chi connectivity index (χ3v) is 11.4. The number of rotatable bonds is 33. The van der Waals surface area contributed by atoms with Crippen LogP contribution in [-0.4, -0.2) is 162 Å². The number of carbonyl (C=O) groups is 13. The number of carbonyl (C=O) groups excluding carboxylic acids is 10. The quantitative estimate of drug-likeness (QED) is 0.0253. The summed E-state index contributed by atoms with van der Waals surface area (Å²) in [5, 5.41) is 46.4. The van der Waals surface area contributed by atoms with Crippen LogP contribution in [0.2, 0.25) is 0 Å². The van der Waals surface area contributed by atoms with E-state index in [2.05, 4.69) is 54.5 Å². The average molecular weight is 1100 g/mol. The van der Waals surface area contributed by atoms with Gasteiger partial charge in [0.25, 0.3) is 0 Å². The Bertz CT molecular complexity index is 2590. The third kappa shape index (κ3) is 22.2. The molecule has 0 aliphatic carbocycles. The molecule has 1 aromatic heterocycles. The van der Waals surface area contributed by atoms with Crippen molar-refractivity contribution in [2.24, 2.45) is 17.2 Å². The number of amides is 10. The van der Waals surface area contributed by atoms with Crippen molar-refractivity contribution in [2.75, 3.05) is 5.75 Å². The van der Waals surface area contributed by atoms with E-state index in [4.69, 9.17) is 17.2 Å². The van der Waals surface area contributed by atoms with Gasteiger partial charge in [-0.15, -0.1) is 0 Å². The molecule has 30 heteroatoms. The van der Waals surface area contributed by atoms with Crippen LogP contribution in [0.15, 0.2) is 73.2 Å². The number of carboxylic acid groups (broad SMARTS) is 3. The number of aliphatic carboxylic acids is 3. The molecule has 0 aliphatic rings. The van der Waals surface area contributed by atoms with Crippen molar-refractivity contribution in [3.8, 4) is 0 Å². The van der Waals surface area contributed by atoms with Gasteiger partial charge in [0.15, 0.2) is 0 Å². The van der Waals surface area contributed by atoms with Crippen LogP contribution < -0.4 is 59.7 Å². The second kappa shape index (κ2) is 31.1. The maximum atomic E-state index is 14.0. The molecule has 1 heterocycles. The van der Waals surface area contributed by atoms with E-state index in [0.29, 0.717) is 16.8 Å². The van der Waals surface area contributed by atoms with E-state index in [-0.39, 0.29) is 19.3 Å². The first kappa shape index (κ1) is 62.4. The van der Waals surface area contributed by atoms with Gasteiger partial charge >= 0.3 is 17.9 Å². The Morgan fingerprint density at radius 2 is 0.935 bits per heavy atom. The van der Waals surface area contributed by atoms with Crippen LogP contribution in [0, 0.1) is 0 Å². The molecule has 77 heavy (non-hydrogen) atoms. The highest BCUT2D eigenvalue weighted by molar-refractivity contribution is 7.80. The van der Waals surface area contributed by atoms with Crippen molar-refractivity contribution in [1.29, 1.82) is 0 Å². The minimum Gasteiger partial charge on any atom is -0.481 e. The number of carboxylic acids is 3. The summed E-state index contributed by atoms with van der Waals surface area (Å²) in [6, 6.07) is 1.61. The molecule has 3 rings (SSSR count). The molecule has 0 radical (unpaired) electrons. The lowest BCUT2D eigenvalue weighted by Gasteiger charge is -2.27. The second-order valence-electron chi connectivity index (χ2n) is 17.3. The Kier molecular flexibility index (Phi) is 25.2. The first-order valence-electron chi connectivity index (χ1n) is 23.4. The number of thiol groups is 1. The summed E-state index contributed by atoms with van der Waals surface area (Å²) in [6.45, 7) is 1.16. The fraction of sp³-hybridized carbons (Fsp3) is 0.404. The molecule has 0 saturated heterocycles. The summed E-state index contributed by atoms with van der Waals surface area (Å²) >= 11 is 3.83. The zero-order valence-electron chi connectivity index (χ0n) is 41.3. The molecule has 3 aromatic rings. The van der Waals surface area contributed by atoms with Gasteiger partial charge in [-0.05, 0) is 30.9 Å². The van der Waals surface area contributed by atoms with Gasteiger partial charge in [-0.3, -0.25) is 57.5 Å². The number of hydrogen-bond donors (Lipinski definition) is 16. The number of primary amides is 2. The summed E-state index contributed by atoms with van der Waals surface area (Å²) in [5.74, 6) is -16.2. The van der Waals surface area contributed by atoms with E-state index >= 15 is 0 Å². The first-order chi connectivity index (χ1) is 36.4. The Balaban J connectivity index is 1.85. The Morgan fingerprint density at radius 1 is 0.519 bits per heavy atom. The van der Waals surface area contributed by atoms with Gasteiger partial charge in [0.1, 0.15) is 48.3 Å². The zero-order valence-corrected chi connectivity index (χ0v) is 42.2. The van der Waals surface area contributed by atoms with Gasteiger partial charge in [-0.25, -0.2) is 9.78 Å². The maximum absolute atomic E-state index is 14.0. The summed E-state index contributed by atoms with van der Waals surface area (Å²) in [5.41, 5.74) is 18.3. The molecular weight excluding hydrogens is 1030 g/mol. The molecule has 0 saturated carbocycles. The van der Waals surface area contributed by atoms with E-state index < -0.39 is 169 Å². The summed E-state index contributed by atoms with van der Waals surface area (Å²) in [7, 11) is 0. The number of benzene rings is 2. The molecule has 9 atom stereocenters. The van der Waals surface area contributed by atoms with Crippen molar-refractivity contribution in [3.63, 3.8) is 0 Å². The van der Waals surface area contributed by atoms with Gasteiger partial charge in [0, 0.05) is 36.9 Å². The number of nitrogens with zero attached hydrogens (tertiary/aromatic N) is 1. The van der Waals surface area contributed by atoms with Crippen LogP contribution in [0.25, 0.3) is 0 Å². The smallest absolute Gasteiger partial charge is 0.327 e. The topological polar surface area (TPSA) is 486 Å². The van der Waals surface area contributed by atoms with Gasteiger partial charge in [0.2, 0.25) is 59.1 Å². The lowest BCUT2D eigenvalue weighted by molar-refractivity contribution is -0.143. The molecule has 29 nitrogen and oxygen atoms in total. The van der Waals surface area contributed by atoms with Crippen LogP contribution in [0.1, 0.15) is 55.8 Å². The van der Waals surface area contributed by atoms with Crippen LogP contribution in [-0.2, 0) is 81.6 Å². The maximum Gasteiger partial charge on any atom is 0.327 e. The molecule has 0 unspecified atom stereocenters. The molecule has 2 aromatic carbocycles. The number of nitrogens with one attached hydrogen (secondary N) is 9. The van der Waals surface area contributed by atoms with Crippen LogP contribution >= 0.6 is 12.6 Å². The summed E-state index contributed by atoms with van der Waals surface area (Å²) in [6.07, 6.45) is -1.95. The van der Waals surface area contributed by atoms with E-state index in [1.807, 2.05) is 10.6 Å². The van der Waals surface area contributed by atoms with E-state index in [1.54, 1.807) is 48.5 Å². The molecule has 18 N–H and O–H groups in total. The minimum atomic E-state index is -1.96. The molecule has 0 fully saturated rings. The molecular formula is C47H61N13O16S. The Labute approximate surface area is 444 Å². The third-order valence-electron chi connectivity index (χ3n) is 11.1. The van der Waals surface area contributed by atoms with E-state index in [0.717, 1.165) is 6.92 Å². The van der Waals surface area contributed by atoms with Crippen LogP contribution in [0.5, 0.6) is 0 Å². The molecule has 416 valence electrons. The fourth-order valence-corrected chi connectivity index (χ4v) is 7.34. The van der Waals surface area contributed by atoms with E-state index in [1.165, 1.54) is 24.7 Å². The highest BCUT2D eigenvalue weighted by atomic mass is 32.1. The summed E-state index contributed by atoms with van der Waals surface area (Å²) in [4.78, 5) is 175. The van der Waals surface area contributed by atoms with Crippen molar-refractivity contribution in [3.05, 3.63) is 90.0 Å². The molecule has 10 amide bonds. The Morgan fingerprint density at radius 3 is 1.39 bits per heavy atom. The highest BCUT2D eigenvalue weighted by Crippen LogP contribution is 2.10. The molecule has 0 aliphatic heterocycles. The van der Waals surface area contributed by atoms with Gasteiger partial charge in [-0.1, -0.05) is 60.7 Å². The molecule has 0 bridgehead atoms. The van der Waals surface area contributed by atoms with Gasteiger partial charge in [-0.2, -0.15) is 12.6 Å². The number of aromatic amines is 1. The van der Waals surface area contributed by atoms with Crippen LogP contribution in [0.4, 0.5) is 0 Å². The number of H-pyrrole nitrogens is 1. The number of imidazole rings is 1. The monoisotopic (exact) mass is 1100 g/mol. The SMILES string of the molecule is C[C@H](NC(=O)[C@H](Cc1cnc[nH]1)NC(=O)[C@H](CCC(=O)O)NC(=O)[C@@H](N)Cc1ccccc1)C(=O)N[C@@H](CC(N)=O)C(=O)N[C@@H](Cc1ccccc1)C(=O)N[C@@H](CC(N)=O)C(=O)N[C@@H](CC(=O)O)C(=O)N[C@@H](CS)C(=O)O. The van der Waals surface area contributed by atoms with Crippen molar-refractivity contribution < 1.29 is 77.6 Å². The normalized spacial score (nSPS) is 14.3. The predicted octanol–water partition coefficient (Wildman–Crippen LogP) is -5.23. The summed E-state index contributed by atoms with van der Waals surface area (Å²) < 4.78 is 0. The average Bonchev–Trinajstić information content (AvgIpc) is 3.88. The number of hydrogen-bond acceptors (Lipinski definition) is 16.